The van der Waals surface area contributed by atoms with Gasteiger partial charge < -0.3 is 21.1 Å². The molecule has 3 aromatic heterocycles. The molecule has 0 spiro atoms. The Kier molecular flexibility index (Phi) is 4.16. The maximum Gasteiger partial charge on any atom is 0.154 e. The fraction of sp³-hybridized carbons (Fsp3) is 0.375. The Morgan fingerprint density at radius 3 is 3.12 bits per heavy atom. The van der Waals surface area contributed by atoms with Gasteiger partial charge in [-0.05, 0) is 6.42 Å². The molecule has 1 aliphatic heterocycles. The zero-order valence-corrected chi connectivity index (χ0v) is 13.7. The van der Waals surface area contributed by atoms with Crippen molar-refractivity contribution in [3.8, 4) is 0 Å². The number of aromatic nitrogens is 5. The van der Waals surface area contributed by atoms with Gasteiger partial charge in [0, 0.05) is 55.8 Å². The fourth-order valence-corrected chi connectivity index (χ4v) is 3.21. The highest BCUT2D eigenvalue weighted by Crippen LogP contribution is 2.24. The molecule has 3 aromatic rings. The van der Waals surface area contributed by atoms with Crippen molar-refractivity contribution in [3.05, 3.63) is 42.6 Å². The van der Waals surface area contributed by atoms with Gasteiger partial charge in [-0.1, -0.05) is 0 Å². The van der Waals surface area contributed by atoms with E-state index in [0.717, 1.165) is 23.6 Å². The van der Waals surface area contributed by atoms with Crippen molar-refractivity contribution in [2.75, 3.05) is 23.7 Å². The Hall–Kier alpha value is -2.78. The average Bonchev–Trinajstić information content (AvgIpc) is 3.21. The number of nitrogens with one attached hydrogen (secondary N) is 1. The lowest BCUT2D eigenvalue weighted by atomic mass is 10.2. The normalized spacial score (nSPS) is 20.4. The minimum absolute atomic E-state index is 0.144. The smallest absolute Gasteiger partial charge is 0.154 e. The van der Waals surface area contributed by atoms with Crippen LogP contribution in [0.2, 0.25) is 0 Å². The molecule has 4 rings (SSSR count). The summed E-state index contributed by atoms with van der Waals surface area (Å²) in [4.78, 5) is 14.6. The van der Waals surface area contributed by atoms with Crippen LogP contribution in [0.25, 0.3) is 5.65 Å². The van der Waals surface area contributed by atoms with E-state index in [1.165, 1.54) is 6.33 Å². The highest BCUT2D eigenvalue weighted by molar-refractivity contribution is 5.48. The summed E-state index contributed by atoms with van der Waals surface area (Å²) in [5.41, 5.74) is 7.63. The van der Waals surface area contributed by atoms with Crippen molar-refractivity contribution in [1.29, 1.82) is 0 Å². The summed E-state index contributed by atoms with van der Waals surface area (Å²) in [5, 5.41) is 17.7. The molecule has 0 aliphatic carbocycles. The molecule has 0 saturated carbocycles. The van der Waals surface area contributed by atoms with E-state index in [1.54, 1.807) is 16.8 Å². The molecule has 130 valence electrons. The quantitative estimate of drug-likeness (QED) is 0.586. The lowest BCUT2D eigenvalue weighted by Gasteiger charge is -2.25. The Balaban J connectivity index is 1.40. The molecule has 1 fully saturated rings. The third-order valence-electron chi connectivity index (χ3n) is 4.37. The lowest BCUT2D eigenvalue weighted by molar-refractivity contribution is 0.194. The minimum Gasteiger partial charge on any atom is -0.391 e. The molecule has 1 saturated heterocycles. The highest BCUT2D eigenvalue weighted by atomic mass is 16.3. The predicted octanol–water partition coefficient (Wildman–Crippen LogP) is -0.169. The van der Waals surface area contributed by atoms with Gasteiger partial charge in [0.05, 0.1) is 12.3 Å². The summed E-state index contributed by atoms with van der Waals surface area (Å²) in [6.07, 6.45) is 7.30. The lowest BCUT2D eigenvalue weighted by Crippen LogP contribution is -2.38. The molecule has 0 amide bonds. The molecule has 4 N–H and O–H groups in total. The summed E-state index contributed by atoms with van der Waals surface area (Å²) in [6, 6.07) is 3.74. The van der Waals surface area contributed by atoms with E-state index < -0.39 is 0 Å². The van der Waals surface area contributed by atoms with Gasteiger partial charge in [0.1, 0.15) is 18.0 Å². The summed E-state index contributed by atoms with van der Waals surface area (Å²) in [6.45, 7) is 1.94. The molecular formula is C16H20N8O. The van der Waals surface area contributed by atoms with Crippen LogP contribution in [0.15, 0.2) is 37.1 Å². The van der Waals surface area contributed by atoms with Gasteiger partial charge in [0.2, 0.25) is 0 Å². The monoisotopic (exact) mass is 340 g/mol. The van der Waals surface area contributed by atoms with Crippen molar-refractivity contribution < 1.29 is 5.11 Å². The van der Waals surface area contributed by atoms with Crippen LogP contribution >= 0.6 is 0 Å². The largest absolute Gasteiger partial charge is 0.391 e. The van der Waals surface area contributed by atoms with Gasteiger partial charge >= 0.3 is 0 Å². The Bertz CT molecular complexity index is 866. The molecule has 25 heavy (non-hydrogen) atoms. The predicted molar refractivity (Wildman–Crippen MR) is 92.9 cm³/mol. The summed E-state index contributed by atoms with van der Waals surface area (Å²) in [7, 11) is 0. The number of fused-ring (bicyclic) bond motifs is 1. The van der Waals surface area contributed by atoms with Crippen LogP contribution in [0.5, 0.6) is 0 Å². The Morgan fingerprint density at radius 1 is 1.32 bits per heavy atom. The number of anilines is 2. The number of rotatable bonds is 5. The highest BCUT2D eigenvalue weighted by Gasteiger charge is 2.31. The first-order valence-electron chi connectivity index (χ1n) is 8.20. The number of hydrogen-bond acceptors (Lipinski definition) is 8. The van der Waals surface area contributed by atoms with E-state index in [-0.39, 0.29) is 12.1 Å². The number of nitrogen functional groups attached to an aromatic ring is 1. The molecule has 0 aromatic carbocycles. The number of aliphatic hydroxyl groups excluding tert-OH is 1. The maximum absolute atomic E-state index is 10.0. The van der Waals surface area contributed by atoms with E-state index in [0.29, 0.717) is 25.3 Å². The average molecular weight is 340 g/mol. The summed E-state index contributed by atoms with van der Waals surface area (Å²) >= 11 is 0. The van der Waals surface area contributed by atoms with Gasteiger partial charge in [-0.15, -0.1) is 0 Å². The number of nitrogens with zero attached hydrogens (tertiary/aromatic N) is 6. The van der Waals surface area contributed by atoms with E-state index in [4.69, 9.17) is 5.73 Å². The second-order valence-corrected chi connectivity index (χ2v) is 6.22. The molecule has 0 bridgehead atoms. The number of β-amino-alcohol motifs (C(OH)–C–C–N with tert-alkyl or cyclic N) is 1. The third-order valence-corrected chi connectivity index (χ3v) is 4.37. The topological polar surface area (TPSA) is 117 Å². The molecule has 4 heterocycles. The van der Waals surface area contributed by atoms with Crippen LogP contribution in [0.4, 0.5) is 11.6 Å². The van der Waals surface area contributed by atoms with Gasteiger partial charge in [0.15, 0.2) is 5.65 Å². The Labute approximate surface area is 144 Å². The first-order chi connectivity index (χ1) is 12.2. The zero-order valence-electron chi connectivity index (χ0n) is 13.7. The van der Waals surface area contributed by atoms with Gasteiger partial charge in [0.25, 0.3) is 0 Å². The molecule has 0 unspecified atom stereocenters. The van der Waals surface area contributed by atoms with Crippen LogP contribution < -0.4 is 16.0 Å². The van der Waals surface area contributed by atoms with Gasteiger partial charge in [-0.25, -0.2) is 19.5 Å². The maximum atomic E-state index is 10.0. The SMILES string of the molecule is Nc1cc(N2C[C@H](O)C[C@@H]2CNCc2cnc3ccnn3c2)ncn1. The zero-order chi connectivity index (χ0) is 17.2. The van der Waals surface area contributed by atoms with Gasteiger partial charge in [-0.3, -0.25) is 0 Å². The summed E-state index contributed by atoms with van der Waals surface area (Å²) < 4.78 is 1.76. The molecule has 9 heteroatoms. The number of nitrogens with two attached hydrogens (primary N) is 1. The minimum atomic E-state index is -0.370. The number of aliphatic hydroxyl groups is 1. The molecular weight excluding hydrogens is 320 g/mol. The molecule has 2 atom stereocenters. The molecule has 1 aliphatic rings. The standard InChI is InChI=1S/C16H20N8O/c17-14-4-16(21-10-20-14)23-9-13(25)3-12(23)7-18-5-11-6-19-15-1-2-22-24(15)8-11/h1-2,4,6,8,10,12-13,18,25H,3,5,7,9H2,(H2,17,20,21)/t12-,13-/m1/s1. The van der Waals surface area contributed by atoms with Crippen LogP contribution in [-0.2, 0) is 6.54 Å². The second-order valence-electron chi connectivity index (χ2n) is 6.22. The fourth-order valence-electron chi connectivity index (χ4n) is 3.21. The van der Waals surface area contributed by atoms with Crippen molar-refractivity contribution in [3.63, 3.8) is 0 Å². The third kappa shape index (κ3) is 3.37. The van der Waals surface area contributed by atoms with Crippen LogP contribution in [0.1, 0.15) is 12.0 Å². The van der Waals surface area contributed by atoms with Crippen LogP contribution in [0, 0.1) is 0 Å². The van der Waals surface area contributed by atoms with Crippen molar-refractivity contribution in [2.24, 2.45) is 0 Å². The van der Waals surface area contributed by atoms with Crippen LogP contribution in [-0.4, -0.2) is 54.9 Å². The van der Waals surface area contributed by atoms with Crippen molar-refractivity contribution in [1.82, 2.24) is 29.9 Å². The van der Waals surface area contributed by atoms with E-state index >= 15 is 0 Å². The van der Waals surface area contributed by atoms with Crippen molar-refractivity contribution in [2.45, 2.75) is 25.1 Å². The summed E-state index contributed by atoms with van der Waals surface area (Å²) in [5.74, 6) is 1.17. The van der Waals surface area contributed by atoms with E-state index in [2.05, 4.69) is 30.3 Å². The van der Waals surface area contributed by atoms with E-state index in [1.807, 2.05) is 18.5 Å². The second kappa shape index (κ2) is 6.61. The first-order valence-corrected chi connectivity index (χ1v) is 8.20. The molecule has 9 nitrogen and oxygen atoms in total. The van der Waals surface area contributed by atoms with Crippen molar-refractivity contribution >= 4 is 17.3 Å². The Morgan fingerprint density at radius 2 is 2.24 bits per heavy atom. The first kappa shape index (κ1) is 15.7. The van der Waals surface area contributed by atoms with Crippen LogP contribution in [0.3, 0.4) is 0 Å². The van der Waals surface area contributed by atoms with Gasteiger partial charge in [-0.2, -0.15) is 5.10 Å². The number of hydrogen-bond donors (Lipinski definition) is 3. The van der Waals surface area contributed by atoms with E-state index in [9.17, 15) is 5.11 Å². The molecule has 0 radical (unpaired) electrons.